The summed E-state index contributed by atoms with van der Waals surface area (Å²) in [5.41, 5.74) is 0.877. The maximum absolute atomic E-state index is 12.0. The second kappa shape index (κ2) is 6.15. The molecule has 0 N–H and O–H groups in total. The zero-order chi connectivity index (χ0) is 12.8. The van der Waals surface area contributed by atoms with E-state index in [1.165, 1.54) is 4.90 Å². The highest BCUT2D eigenvalue weighted by atomic mass is 16.5. The molecule has 0 saturated heterocycles. The lowest BCUT2D eigenvalue weighted by atomic mass is 10.3. The molecule has 0 unspecified atom stereocenters. The number of nitrogens with zero attached hydrogens (tertiary/aromatic N) is 2. The second-order valence-electron chi connectivity index (χ2n) is 3.80. The third-order valence-electron chi connectivity index (χ3n) is 2.36. The standard InChI is InChI=1S/C13H18N2O2/c1-5-9-17-11(3)13(16)15(4)12-8-6-7-10(2)14-12/h5-8,11H,1,9H2,2-4H3/t11-/m0/s1. The smallest absolute Gasteiger partial charge is 0.256 e. The van der Waals surface area contributed by atoms with Gasteiger partial charge in [0, 0.05) is 12.7 Å². The first-order valence-corrected chi connectivity index (χ1v) is 5.50. The van der Waals surface area contributed by atoms with Crippen LogP contribution in [0.3, 0.4) is 0 Å². The number of carbonyl (C=O) groups is 1. The fourth-order valence-corrected chi connectivity index (χ4v) is 1.38. The predicted octanol–water partition coefficient (Wildman–Crippen LogP) is 1.94. The largest absolute Gasteiger partial charge is 0.365 e. The van der Waals surface area contributed by atoms with Crippen molar-refractivity contribution in [2.24, 2.45) is 0 Å². The molecular formula is C13H18N2O2. The molecule has 4 nitrogen and oxygen atoms in total. The maximum atomic E-state index is 12.0. The molecule has 92 valence electrons. The minimum atomic E-state index is -0.500. The lowest BCUT2D eigenvalue weighted by molar-refractivity contribution is -0.128. The van der Waals surface area contributed by atoms with Gasteiger partial charge in [0.05, 0.1) is 6.61 Å². The van der Waals surface area contributed by atoms with E-state index in [0.717, 1.165) is 5.69 Å². The third kappa shape index (κ3) is 3.67. The first-order valence-electron chi connectivity index (χ1n) is 5.50. The Kier molecular flexibility index (Phi) is 4.84. The SMILES string of the molecule is C=CCO[C@@H](C)C(=O)N(C)c1cccc(C)n1. The molecule has 17 heavy (non-hydrogen) atoms. The van der Waals surface area contributed by atoms with Gasteiger partial charge < -0.3 is 4.74 Å². The van der Waals surface area contributed by atoms with E-state index in [0.29, 0.717) is 12.4 Å². The van der Waals surface area contributed by atoms with Crippen LogP contribution in [0.25, 0.3) is 0 Å². The fourth-order valence-electron chi connectivity index (χ4n) is 1.38. The van der Waals surface area contributed by atoms with E-state index in [1.54, 1.807) is 26.1 Å². The number of amides is 1. The lowest BCUT2D eigenvalue weighted by Crippen LogP contribution is -2.36. The Balaban J connectivity index is 2.72. The molecule has 0 saturated carbocycles. The van der Waals surface area contributed by atoms with Gasteiger partial charge in [-0.2, -0.15) is 0 Å². The molecule has 1 aromatic heterocycles. The molecule has 0 aliphatic heterocycles. The van der Waals surface area contributed by atoms with Gasteiger partial charge in [-0.25, -0.2) is 4.98 Å². The molecule has 0 bridgehead atoms. The van der Waals surface area contributed by atoms with Crippen molar-refractivity contribution in [2.45, 2.75) is 20.0 Å². The summed E-state index contributed by atoms with van der Waals surface area (Å²) >= 11 is 0. The molecule has 0 fully saturated rings. The fraction of sp³-hybridized carbons (Fsp3) is 0.385. The van der Waals surface area contributed by atoms with Gasteiger partial charge in [0.25, 0.3) is 5.91 Å². The molecule has 4 heteroatoms. The minimum absolute atomic E-state index is 0.120. The van der Waals surface area contributed by atoms with E-state index < -0.39 is 6.10 Å². The summed E-state index contributed by atoms with van der Waals surface area (Å²) in [4.78, 5) is 17.8. The van der Waals surface area contributed by atoms with Crippen LogP contribution in [-0.2, 0) is 9.53 Å². The van der Waals surface area contributed by atoms with E-state index in [4.69, 9.17) is 4.74 Å². The average Bonchev–Trinajstić information content (AvgIpc) is 2.34. The van der Waals surface area contributed by atoms with Crippen LogP contribution in [-0.4, -0.2) is 30.6 Å². The summed E-state index contributed by atoms with van der Waals surface area (Å²) in [6.45, 7) is 7.52. The van der Waals surface area contributed by atoms with Crippen LogP contribution in [0.5, 0.6) is 0 Å². The Morgan fingerprint density at radius 1 is 1.65 bits per heavy atom. The summed E-state index contributed by atoms with van der Waals surface area (Å²) in [6.07, 6.45) is 1.12. The zero-order valence-corrected chi connectivity index (χ0v) is 10.5. The summed E-state index contributed by atoms with van der Waals surface area (Å²) in [7, 11) is 1.69. The van der Waals surface area contributed by atoms with Crippen LogP contribution in [0.15, 0.2) is 30.9 Å². The number of hydrogen-bond donors (Lipinski definition) is 0. The Morgan fingerprint density at radius 3 is 2.94 bits per heavy atom. The van der Waals surface area contributed by atoms with Crippen molar-refractivity contribution < 1.29 is 9.53 Å². The Hall–Kier alpha value is -1.68. The van der Waals surface area contributed by atoms with E-state index in [9.17, 15) is 4.79 Å². The van der Waals surface area contributed by atoms with Gasteiger partial charge in [-0.1, -0.05) is 12.1 Å². The first kappa shape index (κ1) is 13.4. The van der Waals surface area contributed by atoms with Crippen molar-refractivity contribution in [3.05, 3.63) is 36.5 Å². The molecule has 0 aromatic carbocycles. The number of carbonyl (C=O) groups excluding carboxylic acids is 1. The molecule has 1 atom stereocenters. The molecule has 1 rings (SSSR count). The highest BCUT2D eigenvalue weighted by Gasteiger charge is 2.19. The number of pyridine rings is 1. The van der Waals surface area contributed by atoms with Crippen LogP contribution >= 0.6 is 0 Å². The maximum Gasteiger partial charge on any atom is 0.256 e. The third-order valence-corrected chi connectivity index (χ3v) is 2.36. The molecule has 0 spiro atoms. The van der Waals surface area contributed by atoms with E-state index >= 15 is 0 Å². The molecule has 1 aromatic rings. The summed E-state index contributed by atoms with van der Waals surface area (Å²) in [6, 6.07) is 5.56. The number of hydrogen-bond acceptors (Lipinski definition) is 3. The lowest BCUT2D eigenvalue weighted by Gasteiger charge is -2.20. The van der Waals surface area contributed by atoms with Crippen LogP contribution in [0.4, 0.5) is 5.82 Å². The first-order chi connectivity index (χ1) is 8.06. The van der Waals surface area contributed by atoms with Gasteiger partial charge in [-0.3, -0.25) is 9.69 Å². The topological polar surface area (TPSA) is 42.4 Å². The van der Waals surface area contributed by atoms with Gasteiger partial charge in [-0.05, 0) is 26.0 Å². The zero-order valence-electron chi connectivity index (χ0n) is 10.5. The normalized spacial score (nSPS) is 11.9. The van der Waals surface area contributed by atoms with Crippen molar-refractivity contribution in [1.82, 2.24) is 4.98 Å². The van der Waals surface area contributed by atoms with Crippen LogP contribution in [0, 0.1) is 6.92 Å². The van der Waals surface area contributed by atoms with Crippen molar-refractivity contribution in [3.63, 3.8) is 0 Å². The highest BCUT2D eigenvalue weighted by molar-refractivity contribution is 5.94. The van der Waals surface area contributed by atoms with E-state index in [2.05, 4.69) is 11.6 Å². The van der Waals surface area contributed by atoms with Gasteiger partial charge in [0.2, 0.25) is 0 Å². The summed E-state index contributed by atoms with van der Waals surface area (Å²) in [5.74, 6) is 0.508. The average molecular weight is 234 g/mol. The molecular weight excluding hydrogens is 216 g/mol. The quantitative estimate of drug-likeness (QED) is 0.731. The van der Waals surface area contributed by atoms with Crippen LogP contribution in [0.1, 0.15) is 12.6 Å². The molecule has 1 heterocycles. The molecule has 0 aliphatic carbocycles. The molecule has 0 radical (unpaired) electrons. The summed E-state index contributed by atoms with van der Waals surface area (Å²) < 4.78 is 5.29. The van der Waals surface area contributed by atoms with Gasteiger partial charge in [-0.15, -0.1) is 6.58 Å². The van der Waals surface area contributed by atoms with Gasteiger partial charge >= 0.3 is 0 Å². The van der Waals surface area contributed by atoms with Crippen LogP contribution < -0.4 is 4.90 Å². The van der Waals surface area contributed by atoms with Crippen molar-refractivity contribution in [3.8, 4) is 0 Å². The number of anilines is 1. The van der Waals surface area contributed by atoms with Crippen molar-refractivity contribution >= 4 is 11.7 Å². The van der Waals surface area contributed by atoms with Crippen LogP contribution in [0.2, 0.25) is 0 Å². The Bertz CT molecular complexity index is 404. The number of ether oxygens (including phenoxy) is 1. The number of aryl methyl sites for hydroxylation is 1. The highest BCUT2D eigenvalue weighted by Crippen LogP contribution is 2.11. The number of aromatic nitrogens is 1. The summed E-state index contributed by atoms with van der Waals surface area (Å²) in [5, 5.41) is 0. The molecule has 0 aliphatic rings. The number of likely N-dealkylation sites (N-methyl/N-ethyl adjacent to an activating group) is 1. The van der Waals surface area contributed by atoms with Gasteiger partial charge in [0.15, 0.2) is 0 Å². The molecule has 1 amide bonds. The Labute approximate surface area is 102 Å². The van der Waals surface area contributed by atoms with E-state index in [1.807, 2.05) is 19.1 Å². The van der Waals surface area contributed by atoms with Crippen molar-refractivity contribution in [1.29, 1.82) is 0 Å². The Morgan fingerprint density at radius 2 is 2.35 bits per heavy atom. The van der Waals surface area contributed by atoms with Gasteiger partial charge in [0.1, 0.15) is 11.9 Å². The number of rotatable bonds is 5. The monoisotopic (exact) mass is 234 g/mol. The predicted molar refractivity (Wildman–Crippen MR) is 68.0 cm³/mol. The van der Waals surface area contributed by atoms with Crippen molar-refractivity contribution in [2.75, 3.05) is 18.6 Å². The second-order valence-corrected chi connectivity index (χ2v) is 3.80. The minimum Gasteiger partial charge on any atom is -0.365 e. The van der Waals surface area contributed by atoms with E-state index in [-0.39, 0.29) is 5.91 Å².